The number of amides is 2. The van der Waals surface area contributed by atoms with Crippen LogP contribution in [-0.2, 0) is 0 Å². The highest BCUT2D eigenvalue weighted by Crippen LogP contribution is 2.40. The zero-order valence-electron chi connectivity index (χ0n) is 9.11. The Balaban J connectivity index is 1.44. The second kappa shape index (κ2) is 3.67. The summed E-state index contributed by atoms with van der Waals surface area (Å²) < 4.78 is 0. The Labute approximate surface area is 90.6 Å². The molecule has 3 fully saturated rings. The first kappa shape index (κ1) is 9.46. The van der Waals surface area contributed by atoms with Gasteiger partial charge in [-0.1, -0.05) is 0 Å². The molecule has 1 aliphatic carbocycles. The topological polar surface area (TPSA) is 35.6 Å². The van der Waals surface area contributed by atoms with Gasteiger partial charge >= 0.3 is 6.03 Å². The molecule has 2 atom stereocenters. The summed E-state index contributed by atoms with van der Waals surface area (Å²) in [4.78, 5) is 15.8. The van der Waals surface area contributed by atoms with Crippen LogP contribution in [-0.4, -0.2) is 55.1 Å². The van der Waals surface area contributed by atoms with E-state index in [0.717, 1.165) is 38.0 Å². The van der Waals surface area contributed by atoms with Gasteiger partial charge in [0, 0.05) is 39.3 Å². The third kappa shape index (κ3) is 1.71. The normalized spacial score (nSPS) is 35.2. The van der Waals surface area contributed by atoms with Gasteiger partial charge in [-0.25, -0.2) is 4.79 Å². The van der Waals surface area contributed by atoms with E-state index < -0.39 is 0 Å². The Morgan fingerprint density at radius 2 is 1.93 bits per heavy atom. The first-order valence-corrected chi connectivity index (χ1v) is 6.08. The van der Waals surface area contributed by atoms with Gasteiger partial charge in [0.05, 0.1) is 0 Å². The van der Waals surface area contributed by atoms with Crippen LogP contribution < -0.4 is 5.32 Å². The minimum atomic E-state index is 0.122. The van der Waals surface area contributed by atoms with Gasteiger partial charge in [0.15, 0.2) is 0 Å². The predicted molar refractivity (Wildman–Crippen MR) is 57.6 cm³/mol. The maximum atomic E-state index is 11.3. The van der Waals surface area contributed by atoms with Crippen molar-refractivity contribution >= 4 is 6.03 Å². The van der Waals surface area contributed by atoms with E-state index in [9.17, 15) is 4.79 Å². The molecule has 4 nitrogen and oxygen atoms in total. The lowest BCUT2D eigenvalue weighted by Crippen LogP contribution is -2.36. The molecule has 84 valence electrons. The fourth-order valence-electron chi connectivity index (χ4n) is 3.03. The van der Waals surface area contributed by atoms with Crippen molar-refractivity contribution in [2.75, 3.05) is 39.3 Å². The molecule has 0 unspecified atom stereocenters. The molecule has 2 amide bonds. The molecule has 0 spiro atoms. The van der Waals surface area contributed by atoms with Crippen LogP contribution in [0.4, 0.5) is 4.79 Å². The van der Waals surface area contributed by atoms with Crippen molar-refractivity contribution in [3.05, 3.63) is 0 Å². The molecule has 1 saturated carbocycles. The molecular formula is C11H19N3O. The second-order valence-corrected chi connectivity index (χ2v) is 5.08. The first-order chi connectivity index (χ1) is 7.33. The summed E-state index contributed by atoms with van der Waals surface area (Å²) in [5.41, 5.74) is 0. The lowest BCUT2D eigenvalue weighted by Gasteiger charge is -2.28. The van der Waals surface area contributed by atoms with Crippen LogP contribution in [0.15, 0.2) is 0 Å². The molecule has 3 rings (SSSR count). The van der Waals surface area contributed by atoms with Gasteiger partial charge in [0.25, 0.3) is 0 Å². The molecule has 0 bridgehead atoms. The summed E-state index contributed by atoms with van der Waals surface area (Å²) in [6, 6.07) is 0.122. The first-order valence-electron chi connectivity index (χ1n) is 6.08. The molecule has 2 aliphatic heterocycles. The van der Waals surface area contributed by atoms with Crippen LogP contribution in [0.3, 0.4) is 0 Å². The molecule has 0 aromatic rings. The van der Waals surface area contributed by atoms with Crippen LogP contribution >= 0.6 is 0 Å². The maximum Gasteiger partial charge on any atom is 0.317 e. The summed E-state index contributed by atoms with van der Waals surface area (Å²) >= 11 is 0. The van der Waals surface area contributed by atoms with Crippen LogP contribution in [0.2, 0.25) is 0 Å². The number of carbonyl (C=O) groups is 1. The Kier molecular flexibility index (Phi) is 2.31. The molecule has 0 aromatic carbocycles. The SMILES string of the molecule is O=C1NCCN1CCN1C[C@H]2CC[C@H]2C1. The van der Waals surface area contributed by atoms with E-state index in [1.807, 2.05) is 4.90 Å². The molecule has 0 aromatic heterocycles. The Bertz CT molecular complexity index is 257. The van der Waals surface area contributed by atoms with E-state index in [2.05, 4.69) is 10.2 Å². The quantitative estimate of drug-likeness (QED) is 0.728. The number of urea groups is 1. The smallest absolute Gasteiger partial charge is 0.317 e. The zero-order valence-corrected chi connectivity index (χ0v) is 9.11. The molecule has 1 N–H and O–H groups in total. The van der Waals surface area contributed by atoms with E-state index in [0.29, 0.717) is 0 Å². The Morgan fingerprint density at radius 3 is 2.47 bits per heavy atom. The van der Waals surface area contributed by atoms with Crippen molar-refractivity contribution in [3.63, 3.8) is 0 Å². The van der Waals surface area contributed by atoms with Gasteiger partial charge in [-0.15, -0.1) is 0 Å². The average Bonchev–Trinajstić information content (AvgIpc) is 2.71. The lowest BCUT2D eigenvalue weighted by molar-refractivity contribution is 0.207. The number of hydrogen-bond acceptors (Lipinski definition) is 2. The highest BCUT2D eigenvalue weighted by Gasteiger charge is 2.38. The third-order valence-corrected chi connectivity index (χ3v) is 4.19. The minimum absolute atomic E-state index is 0.122. The van der Waals surface area contributed by atoms with Gasteiger partial charge in [-0.3, -0.25) is 0 Å². The summed E-state index contributed by atoms with van der Waals surface area (Å²) in [6.45, 7) is 6.25. The van der Waals surface area contributed by atoms with Crippen LogP contribution in [0.25, 0.3) is 0 Å². The van der Waals surface area contributed by atoms with Gasteiger partial charge in [-0.2, -0.15) is 0 Å². The molecule has 15 heavy (non-hydrogen) atoms. The van der Waals surface area contributed by atoms with Gasteiger partial charge < -0.3 is 15.1 Å². The fourth-order valence-corrected chi connectivity index (χ4v) is 3.03. The van der Waals surface area contributed by atoms with Crippen molar-refractivity contribution in [2.24, 2.45) is 11.8 Å². The monoisotopic (exact) mass is 209 g/mol. The molecule has 4 heteroatoms. The summed E-state index contributed by atoms with van der Waals surface area (Å²) in [5, 5.41) is 2.84. The van der Waals surface area contributed by atoms with E-state index in [1.165, 1.54) is 25.9 Å². The van der Waals surface area contributed by atoms with Crippen molar-refractivity contribution < 1.29 is 4.79 Å². The molecule has 0 radical (unpaired) electrons. The highest BCUT2D eigenvalue weighted by atomic mass is 16.2. The number of carbonyl (C=O) groups excluding carboxylic acids is 1. The van der Waals surface area contributed by atoms with Crippen LogP contribution in [0, 0.1) is 11.8 Å². The average molecular weight is 209 g/mol. The molecule has 2 heterocycles. The lowest BCUT2D eigenvalue weighted by atomic mass is 9.77. The highest BCUT2D eigenvalue weighted by molar-refractivity contribution is 5.76. The molecular weight excluding hydrogens is 190 g/mol. The van der Waals surface area contributed by atoms with Crippen LogP contribution in [0.1, 0.15) is 12.8 Å². The number of fused-ring (bicyclic) bond motifs is 1. The van der Waals surface area contributed by atoms with Gasteiger partial charge in [0.2, 0.25) is 0 Å². The largest absolute Gasteiger partial charge is 0.336 e. The number of nitrogens with zero attached hydrogens (tertiary/aromatic N) is 2. The van der Waals surface area contributed by atoms with Crippen molar-refractivity contribution in [2.45, 2.75) is 12.8 Å². The van der Waals surface area contributed by atoms with Crippen molar-refractivity contribution in [1.29, 1.82) is 0 Å². The maximum absolute atomic E-state index is 11.3. The van der Waals surface area contributed by atoms with Gasteiger partial charge in [0.1, 0.15) is 0 Å². The third-order valence-electron chi connectivity index (χ3n) is 4.19. The standard InChI is InChI=1S/C11H19N3O/c15-11-12-3-4-14(11)6-5-13-7-9-1-2-10(9)8-13/h9-10H,1-8H2,(H,12,15)/t9-,10+. The molecule has 3 aliphatic rings. The van der Waals surface area contributed by atoms with E-state index >= 15 is 0 Å². The number of nitrogens with one attached hydrogen (secondary N) is 1. The second-order valence-electron chi connectivity index (χ2n) is 5.08. The van der Waals surface area contributed by atoms with E-state index in [1.54, 1.807) is 0 Å². The van der Waals surface area contributed by atoms with Crippen molar-refractivity contribution in [1.82, 2.24) is 15.1 Å². The van der Waals surface area contributed by atoms with E-state index in [-0.39, 0.29) is 6.03 Å². The zero-order chi connectivity index (χ0) is 10.3. The Morgan fingerprint density at radius 1 is 1.20 bits per heavy atom. The number of hydrogen-bond donors (Lipinski definition) is 1. The van der Waals surface area contributed by atoms with Crippen LogP contribution in [0.5, 0.6) is 0 Å². The minimum Gasteiger partial charge on any atom is -0.336 e. The fraction of sp³-hybridized carbons (Fsp3) is 0.909. The van der Waals surface area contributed by atoms with Gasteiger partial charge in [-0.05, 0) is 24.7 Å². The summed E-state index contributed by atoms with van der Waals surface area (Å²) in [7, 11) is 0. The summed E-state index contributed by atoms with van der Waals surface area (Å²) in [5.74, 6) is 1.97. The Hall–Kier alpha value is -0.770. The number of rotatable bonds is 3. The molecule has 2 saturated heterocycles. The number of likely N-dealkylation sites (tertiary alicyclic amines) is 1. The van der Waals surface area contributed by atoms with Crippen molar-refractivity contribution in [3.8, 4) is 0 Å². The predicted octanol–water partition coefficient (Wildman–Crippen LogP) is 0.353. The summed E-state index contributed by atoms with van der Waals surface area (Å²) in [6.07, 6.45) is 2.87. The van der Waals surface area contributed by atoms with E-state index in [4.69, 9.17) is 0 Å².